The lowest BCUT2D eigenvalue weighted by atomic mass is 9.92. The van der Waals surface area contributed by atoms with Crippen LogP contribution in [0.1, 0.15) is 63.9 Å². The molecule has 0 amide bonds. The highest BCUT2D eigenvalue weighted by Crippen LogP contribution is 2.42. The monoisotopic (exact) mass is 358 g/mol. The summed E-state index contributed by atoms with van der Waals surface area (Å²) in [7, 11) is 0. The van der Waals surface area contributed by atoms with Crippen LogP contribution in [0.3, 0.4) is 0 Å². The second-order valence-corrected chi connectivity index (χ2v) is 7.31. The largest absolute Gasteiger partial charge is 0.494 e. The molecule has 0 saturated heterocycles. The second-order valence-electron chi connectivity index (χ2n) is 7.31. The van der Waals surface area contributed by atoms with Crippen LogP contribution >= 0.6 is 0 Å². The third-order valence-electron chi connectivity index (χ3n) is 5.54. The Morgan fingerprint density at radius 3 is 2.42 bits per heavy atom. The molecule has 0 radical (unpaired) electrons. The molecule has 1 aliphatic rings. The molecule has 2 atom stereocenters. The Balaban J connectivity index is 1.78. The topological polar surface area (TPSA) is 9.23 Å². The van der Waals surface area contributed by atoms with Crippen molar-refractivity contribution in [3.8, 4) is 16.9 Å². The molecule has 3 rings (SSSR count). The zero-order chi connectivity index (χ0) is 18.5. The average molecular weight is 358 g/mol. The third-order valence-corrected chi connectivity index (χ3v) is 5.54. The number of hydrogen-bond donors (Lipinski definition) is 0. The zero-order valence-corrected chi connectivity index (χ0v) is 15.7. The van der Waals surface area contributed by atoms with Gasteiger partial charge in [0.25, 0.3) is 0 Å². The molecule has 1 nitrogen and oxygen atoms in total. The molecule has 1 fully saturated rings. The first-order chi connectivity index (χ1) is 12.6. The van der Waals surface area contributed by atoms with E-state index in [2.05, 4.69) is 6.92 Å². The molecule has 0 aliphatic heterocycles. The van der Waals surface area contributed by atoms with Gasteiger partial charge in [0.15, 0.2) is 11.6 Å². The summed E-state index contributed by atoms with van der Waals surface area (Å²) in [6, 6.07) is 10.6. The minimum absolute atomic E-state index is 0.153. The summed E-state index contributed by atoms with van der Waals surface area (Å²) in [5.41, 5.74) is 1.54. The summed E-state index contributed by atoms with van der Waals surface area (Å²) in [6.45, 7) is 4.69. The first-order valence-corrected chi connectivity index (χ1v) is 9.85. The van der Waals surface area contributed by atoms with Crippen LogP contribution in [0.25, 0.3) is 11.1 Å². The van der Waals surface area contributed by atoms with Crippen LogP contribution in [-0.2, 0) is 0 Å². The Morgan fingerprint density at radius 1 is 0.962 bits per heavy atom. The molecule has 0 spiro atoms. The smallest absolute Gasteiger partial charge is 0.166 e. The molecular weight excluding hydrogens is 330 g/mol. The minimum atomic E-state index is -0.733. The van der Waals surface area contributed by atoms with Crippen molar-refractivity contribution in [2.45, 2.75) is 58.3 Å². The van der Waals surface area contributed by atoms with Gasteiger partial charge in [-0.2, -0.15) is 0 Å². The van der Waals surface area contributed by atoms with Crippen LogP contribution in [0.5, 0.6) is 5.75 Å². The maximum atomic E-state index is 14.8. The van der Waals surface area contributed by atoms with Crippen molar-refractivity contribution in [3.05, 3.63) is 53.6 Å². The van der Waals surface area contributed by atoms with Gasteiger partial charge < -0.3 is 4.74 Å². The summed E-state index contributed by atoms with van der Waals surface area (Å²) in [6.07, 6.45) is 6.71. The minimum Gasteiger partial charge on any atom is -0.494 e. The second kappa shape index (κ2) is 8.66. The van der Waals surface area contributed by atoms with Crippen LogP contribution < -0.4 is 4.74 Å². The van der Waals surface area contributed by atoms with Gasteiger partial charge in [0.05, 0.1) is 6.61 Å². The fourth-order valence-corrected chi connectivity index (χ4v) is 4.11. The van der Waals surface area contributed by atoms with Gasteiger partial charge in [-0.15, -0.1) is 0 Å². The van der Waals surface area contributed by atoms with Gasteiger partial charge in [0, 0.05) is 5.56 Å². The molecular formula is C23H28F2O. The van der Waals surface area contributed by atoms with Crippen molar-refractivity contribution < 1.29 is 13.5 Å². The predicted molar refractivity (Wildman–Crippen MR) is 103 cm³/mol. The van der Waals surface area contributed by atoms with E-state index in [1.807, 2.05) is 6.92 Å². The standard InChI is InChI=1S/C23H28F2O/c1-3-5-6-16-7-8-18(15-16)21-14-13-20(22(24)23(21)25)17-9-11-19(12-10-17)26-4-2/h9-14,16,18H,3-8,15H2,1-2H3. The molecule has 2 aromatic carbocycles. The van der Waals surface area contributed by atoms with E-state index >= 15 is 0 Å². The van der Waals surface area contributed by atoms with Gasteiger partial charge in [0.2, 0.25) is 0 Å². The van der Waals surface area contributed by atoms with E-state index in [9.17, 15) is 8.78 Å². The van der Waals surface area contributed by atoms with Crippen molar-refractivity contribution in [2.24, 2.45) is 5.92 Å². The molecule has 2 aromatic rings. The van der Waals surface area contributed by atoms with Gasteiger partial charge >= 0.3 is 0 Å². The Labute approximate surface area is 155 Å². The Bertz CT molecular complexity index is 724. The van der Waals surface area contributed by atoms with Crippen molar-refractivity contribution in [1.82, 2.24) is 0 Å². The third kappa shape index (κ3) is 4.08. The zero-order valence-electron chi connectivity index (χ0n) is 15.7. The Kier molecular flexibility index (Phi) is 6.29. The fourth-order valence-electron chi connectivity index (χ4n) is 4.11. The van der Waals surface area contributed by atoms with Crippen LogP contribution in [0.4, 0.5) is 8.78 Å². The normalized spacial score (nSPS) is 19.7. The molecule has 140 valence electrons. The molecule has 1 saturated carbocycles. The van der Waals surface area contributed by atoms with Crippen LogP contribution in [0, 0.1) is 17.6 Å². The van der Waals surface area contributed by atoms with E-state index < -0.39 is 11.6 Å². The number of hydrogen-bond acceptors (Lipinski definition) is 1. The van der Waals surface area contributed by atoms with Gasteiger partial charge in [-0.05, 0) is 61.3 Å². The summed E-state index contributed by atoms with van der Waals surface area (Å²) in [5, 5.41) is 0. The molecule has 2 unspecified atom stereocenters. The van der Waals surface area contributed by atoms with E-state index in [-0.39, 0.29) is 5.92 Å². The maximum Gasteiger partial charge on any atom is 0.166 e. The lowest BCUT2D eigenvalue weighted by Gasteiger charge is -2.15. The number of ether oxygens (including phenoxy) is 1. The Morgan fingerprint density at radius 2 is 1.73 bits per heavy atom. The van der Waals surface area contributed by atoms with Crippen molar-refractivity contribution >= 4 is 0 Å². The SMILES string of the molecule is CCCCC1CCC(c2ccc(-c3ccc(OCC)cc3)c(F)c2F)C1. The molecule has 3 heteroatoms. The summed E-state index contributed by atoms with van der Waals surface area (Å²) in [4.78, 5) is 0. The maximum absolute atomic E-state index is 14.8. The van der Waals surface area contributed by atoms with Crippen LogP contribution in [0.2, 0.25) is 0 Å². The van der Waals surface area contributed by atoms with Gasteiger partial charge in [0.1, 0.15) is 5.75 Å². The molecule has 26 heavy (non-hydrogen) atoms. The van der Waals surface area contributed by atoms with Crippen LogP contribution in [-0.4, -0.2) is 6.61 Å². The predicted octanol–water partition coefficient (Wildman–Crippen LogP) is 7.10. The molecule has 0 N–H and O–H groups in total. The first kappa shape index (κ1) is 18.9. The average Bonchev–Trinajstić information content (AvgIpc) is 3.12. The van der Waals surface area contributed by atoms with Gasteiger partial charge in [-0.25, -0.2) is 8.78 Å². The van der Waals surface area contributed by atoms with E-state index in [0.29, 0.717) is 29.2 Å². The highest BCUT2D eigenvalue weighted by Gasteiger charge is 2.29. The first-order valence-electron chi connectivity index (χ1n) is 9.85. The van der Waals surface area contributed by atoms with Crippen LogP contribution in [0.15, 0.2) is 36.4 Å². The van der Waals surface area contributed by atoms with Crippen molar-refractivity contribution in [2.75, 3.05) is 6.61 Å². The van der Waals surface area contributed by atoms with Crippen molar-refractivity contribution in [1.29, 1.82) is 0 Å². The number of halogens is 2. The van der Waals surface area contributed by atoms with E-state index in [4.69, 9.17) is 4.74 Å². The molecule has 0 bridgehead atoms. The van der Waals surface area contributed by atoms with Gasteiger partial charge in [-0.1, -0.05) is 50.5 Å². The lowest BCUT2D eigenvalue weighted by molar-refractivity contribution is 0.340. The highest BCUT2D eigenvalue weighted by molar-refractivity contribution is 5.65. The molecule has 0 heterocycles. The quantitative estimate of drug-likeness (QED) is 0.513. The highest BCUT2D eigenvalue weighted by atomic mass is 19.2. The molecule has 1 aliphatic carbocycles. The molecule has 0 aromatic heterocycles. The van der Waals surface area contributed by atoms with E-state index in [0.717, 1.165) is 25.0 Å². The number of benzene rings is 2. The Hall–Kier alpha value is -1.90. The number of rotatable bonds is 7. The van der Waals surface area contributed by atoms with E-state index in [1.54, 1.807) is 36.4 Å². The fraction of sp³-hybridized carbons (Fsp3) is 0.478. The summed E-state index contributed by atoms with van der Waals surface area (Å²) >= 11 is 0. The summed E-state index contributed by atoms with van der Waals surface area (Å²) < 4.78 is 34.9. The number of unbranched alkanes of at least 4 members (excludes halogenated alkanes) is 1. The van der Waals surface area contributed by atoms with E-state index in [1.165, 1.54) is 19.3 Å². The lowest BCUT2D eigenvalue weighted by Crippen LogP contribution is -2.02. The summed E-state index contributed by atoms with van der Waals surface area (Å²) in [5.74, 6) is 0.146. The van der Waals surface area contributed by atoms with Crippen molar-refractivity contribution in [3.63, 3.8) is 0 Å². The van der Waals surface area contributed by atoms with Gasteiger partial charge in [-0.3, -0.25) is 0 Å².